The van der Waals surface area contributed by atoms with Crippen LogP contribution in [0.25, 0.3) is 0 Å². The van der Waals surface area contributed by atoms with Crippen molar-refractivity contribution < 1.29 is 9.53 Å². The van der Waals surface area contributed by atoms with Crippen molar-refractivity contribution >= 4 is 5.78 Å². The minimum absolute atomic E-state index is 0.208. The molecule has 1 aromatic carbocycles. The van der Waals surface area contributed by atoms with Crippen molar-refractivity contribution in [3.63, 3.8) is 0 Å². The minimum Gasteiger partial charge on any atom is -0.493 e. The molecule has 0 radical (unpaired) electrons. The van der Waals surface area contributed by atoms with E-state index in [1.54, 1.807) is 0 Å². The van der Waals surface area contributed by atoms with Crippen LogP contribution >= 0.6 is 0 Å². The topological polar surface area (TPSA) is 52.3 Å². The molecule has 1 saturated carbocycles. The zero-order valence-corrected chi connectivity index (χ0v) is 12.0. The molecule has 0 saturated heterocycles. The lowest BCUT2D eigenvalue weighted by Crippen LogP contribution is -2.36. The first-order valence-electron chi connectivity index (χ1n) is 7.71. The molecule has 1 heterocycles. The monoisotopic (exact) mass is 273 g/mol. The Morgan fingerprint density at radius 3 is 2.85 bits per heavy atom. The van der Waals surface area contributed by atoms with Crippen molar-refractivity contribution in [2.24, 2.45) is 11.1 Å². The number of fused-ring (bicyclic) bond motifs is 1. The summed E-state index contributed by atoms with van der Waals surface area (Å²) < 4.78 is 5.51. The quantitative estimate of drug-likeness (QED) is 0.897. The van der Waals surface area contributed by atoms with Gasteiger partial charge in [0.15, 0.2) is 0 Å². The first kappa shape index (κ1) is 13.6. The van der Waals surface area contributed by atoms with E-state index < -0.39 is 0 Å². The third-order valence-electron chi connectivity index (χ3n) is 4.94. The molecule has 0 spiro atoms. The Morgan fingerprint density at radius 2 is 2.10 bits per heavy atom. The Bertz CT molecular complexity index is 504. The predicted octanol–water partition coefficient (Wildman–Crippen LogP) is 2.64. The summed E-state index contributed by atoms with van der Waals surface area (Å²) in [6, 6.07) is 6.32. The molecule has 0 unspecified atom stereocenters. The van der Waals surface area contributed by atoms with Crippen LogP contribution in [0.3, 0.4) is 0 Å². The van der Waals surface area contributed by atoms with Gasteiger partial charge in [-0.1, -0.05) is 25.0 Å². The largest absolute Gasteiger partial charge is 0.493 e. The molecule has 1 aromatic rings. The second-order valence-corrected chi connectivity index (χ2v) is 6.16. The van der Waals surface area contributed by atoms with Gasteiger partial charge >= 0.3 is 0 Å². The Morgan fingerprint density at radius 1 is 1.30 bits per heavy atom. The number of carbonyl (C=O) groups is 1. The lowest BCUT2D eigenvalue weighted by atomic mass is 9.79. The van der Waals surface area contributed by atoms with E-state index in [0.717, 1.165) is 50.9 Å². The van der Waals surface area contributed by atoms with E-state index in [1.165, 1.54) is 11.1 Å². The van der Waals surface area contributed by atoms with Crippen LogP contribution in [-0.4, -0.2) is 18.9 Å². The van der Waals surface area contributed by atoms with E-state index in [-0.39, 0.29) is 5.41 Å². The Kier molecular flexibility index (Phi) is 3.79. The van der Waals surface area contributed by atoms with Crippen LogP contribution in [0, 0.1) is 5.41 Å². The van der Waals surface area contributed by atoms with Gasteiger partial charge in [-0.05, 0) is 36.5 Å². The molecule has 108 valence electrons. The number of hydrogen-bond acceptors (Lipinski definition) is 3. The van der Waals surface area contributed by atoms with E-state index in [2.05, 4.69) is 12.1 Å². The Labute approximate surface area is 120 Å². The van der Waals surface area contributed by atoms with E-state index in [0.29, 0.717) is 18.7 Å². The van der Waals surface area contributed by atoms with Gasteiger partial charge in [0, 0.05) is 24.8 Å². The lowest BCUT2D eigenvalue weighted by Gasteiger charge is -2.25. The number of nitrogens with two attached hydrogens (primary N) is 1. The molecule has 20 heavy (non-hydrogen) atoms. The second kappa shape index (κ2) is 5.57. The highest BCUT2D eigenvalue weighted by Crippen LogP contribution is 2.39. The molecule has 0 aromatic heterocycles. The maximum absolute atomic E-state index is 12.5. The van der Waals surface area contributed by atoms with Crippen LogP contribution in [0.4, 0.5) is 0 Å². The van der Waals surface area contributed by atoms with Gasteiger partial charge in [0.25, 0.3) is 0 Å². The molecular weight excluding hydrogens is 250 g/mol. The summed E-state index contributed by atoms with van der Waals surface area (Å²) in [5, 5.41) is 0. The summed E-state index contributed by atoms with van der Waals surface area (Å²) in [5.41, 5.74) is 8.19. The fourth-order valence-corrected chi connectivity index (χ4v) is 3.57. The van der Waals surface area contributed by atoms with E-state index in [9.17, 15) is 4.79 Å². The molecule has 3 rings (SSSR count). The van der Waals surface area contributed by atoms with Crippen molar-refractivity contribution in [2.45, 2.75) is 44.9 Å². The number of ether oxygens (including phenoxy) is 1. The van der Waals surface area contributed by atoms with E-state index >= 15 is 0 Å². The maximum atomic E-state index is 12.5. The average Bonchev–Trinajstić information content (AvgIpc) is 3.13. The molecule has 1 aliphatic heterocycles. The minimum atomic E-state index is -0.208. The highest BCUT2D eigenvalue weighted by Gasteiger charge is 2.38. The van der Waals surface area contributed by atoms with E-state index in [1.807, 2.05) is 6.07 Å². The SMILES string of the molecule is NCC1(C(=O)CCc2ccc3c(c2)CCO3)CCCC1. The van der Waals surface area contributed by atoms with Gasteiger partial charge in [0.2, 0.25) is 0 Å². The number of benzene rings is 1. The summed E-state index contributed by atoms with van der Waals surface area (Å²) in [4.78, 5) is 12.5. The molecule has 1 fully saturated rings. The average molecular weight is 273 g/mol. The van der Waals surface area contributed by atoms with Crippen LogP contribution in [-0.2, 0) is 17.6 Å². The van der Waals surface area contributed by atoms with Gasteiger partial charge in [-0.3, -0.25) is 4.79 Å². The van der Waals surface area contributed by atoms with Gasteiger partial charge < -0.3 is 10.5 Å². The number of ketones is 1. The van der Waals surface area contributed by atoms with Crippen molar-refractivity contribution in [3.8, 4) is 5.75 Å². The van der Waals surface area contributed by atoms with Crippen LogP contribution in [0.5, 0.6) is 5.75 Å². The van der Waals surface area contributed by atoms with Gasteiger partial charge in [-0.2, -0.15) is 0 Å². The van der Waals surface area contributed by atoms with Crippen LogP contribution in [0.2, 0.25) is 0 Å². The summed E-state index contributed by atoms with van der Waals surface area (Å²) in [5.74, 6) is 1.38. The standard InChI is InChI=1S/C17H23NO2/c18-12-17(8-1-2-9-17)16(19)6-4-13-3-5-15-14(11-13)7-10-20-15/h3,5,11H,1-2,4,6-10,12,18H2. The van der Waals surface area contributed by atoms with E-state index in [4.69, 9.17) is 10.5 Å². The van der Waals surface area contributed by atoms with Gasteiger partial charge in [-0.15, -0.1) is 0 Å². The van der Waals surface area contributed by atoms with Crippen LogP contribution in [0.15, 0.2) is 18.2 Å². The van der Waals surface area contributed by atoms with Crippen LogP contribution < -0.4 is 10.5 Å². The molecule has 3 heteroatoms. The lowest BCUT2D eigenvalue weighted by molar-refractivity contribution is -0.128. The Hall–Kier alpha value is -1.35. The number of Topliss-reactive ketones (excluding diaryl/α,β-unsaturated/α-hetero) is 1. The zero-order valence-electron chi connectivity index (χ0n) is 12.0. The number of aryl methyl sites for hydroxylation is 1. The first-order chi connectivity index (χ1) is 9.73. The van der Waals surface area contributed by atoms with Crippen molar-refractivity contribution in [1.29, 1.82) is 0 Å². The molecule has 0 amide bonds. The molecule has 0 bridgehead atoms. The van der Waals surface area contributed by atoms with Crippen molar-refractivity contribution in [1.82, 2.24) is 0 Å². The zero-order chi connectivity index (χ0) is 14.0. The fraction of sp³-hybridized carbons (Fsp3) is 0.588. The van der Waals surface area contributed by atoms with Crippen molar-refractivity contribution in [3.05, 3.63) is 29.3 Å². The highest BCUT2D eigenvalue weighted by atomic mass is 16.5. The molecular formula is C17H23NO2. The highest BCUT2D eigenvalue weighted by molar-refractivity contribution is 5.85. The van der Waals surface area contributed by atoms with Crippen molar-refractivity contribution in [2.75, 3.05) is 13.2 Å². The summed E-state index contributed by atoms with van der Waals surface area (Å²) in [6.45, 7) is 1.30. The third kappa shape index (κ3) is 2.47. The Balaban J connectivity index is 1.63. The first-order valence-corrected chi connectivity index (χ1v) is 7.71. The predicted molar refractivity (Wildman–Crippen MR) is 78.9 cm³/mol. The van der Waals surface area contributed by atoms with Gasteiger partial charge in [0.1, 0.15) is 11.5 Å². The van der Waals surface area contributed by atoms with Gasteiger partial charge in [-0.25, -0.2) is 0 Å². The number of rotatable bonds is 5. The number of carbonyl (C=O) groups excluding carboxylic acids is 1. The maximum Gasteiger partial charge on any atom is 0.140 e. The van der Waals surface area contributed by atoms with Gasteiger partial charge in [0.05, 0.1) is 6.61 Å². The second-order valence-electron chi connectivity index (χ2n) is 6.16. The smallest absolute Gasteiger partial charge is 0.140 e. The molecule has 1 aliphatic carbocycles. The molecule has 0 atom stereocenters. The third-order valence-corrected chi connectivity index (χ3v) is 4.94. The summed E-state index contributed by atoms with van der Waals surface area (Å²) in [7, 11) is 0. The fourth-order valence-electron chi connectivity index (χ4n) is 3.57. The molecule has 3 nitrogen and oxygen atoms in total. The summed E-state index contributed by atoms with van der Waals surface area (Å²) in [6.07, 6.45) is 6.72. The molecule has 2 N–H and O–H groups in total. The summed E-state index contributed by atoms with van der Waals surface area (Å²) >= 11 is 0. The van der Waals surface area contributed by atoms with Crippen LogP contribution in [0.1, 0.15) is 43.2 Å². The number of hydrogen-bond donors (Lipinski definition) is 1. The molecule has 2 aliphatic rings. The normalized spacial score (nSPS) is 19.6.